The van der Waals surface area contributed by atoms with Gasteiger partial charge in [0.2, 0.25) is 5.62 Å². The lowest BCUT2D eigenvalue weighted by molar-refractivity contribution is -0.135. The van der Waals surface area contributed by atoms with Crippen molar-refractivity contribution in [3.05, 3.63) is 93.1 Å². The van der Waals surface area contributed by atoms with E-state index in [2.05, 4.69) is 4.99 Å². The summed E-state index contributed by atoms with van der Waals surface area (Å²) in [4.78, 5) is 46.2. The Balaban J connectivity index is 1.77. The van der Waals surface area contributed by atoms with Crippen LogP contribution in [0.4, 0.5) is 4.79 Å². The van der Waals surface area contributed by atoms with Gasteiger partial charge in [0.25, 0.3) is 11.5 Å². The van der Waals surface area contributed by atoms with Gasteiger partial charge in [0.05, 0.1) is 6.54 Å². The minimum absolute atomic E-state index is 0.222. The van der Waals surface area contributed by atoms with E-state index in [-0.39, 0.29) is 11.5 Å². The first-order chi connectivity index (χ1) is 15.0. The fourth-order valence-corrected chi connectivity index (χ4v) is 4.22. The molecular formula is C23H21N5O3. The normalized spacial score (nSPS) is 20.6. The van der Waals surface area contributed by atoms with Gasteiger partial charge >= 0.3 is 6.03 Å². The molecule has 1 fully saturated rings. The molecule has 0 radical (unpaired) electrons. The fraction of sp³-hybridized carbons (Fsp3) is 0.217. The molecule has 31 heavy (non-hydrogen) atoms. The topological polar surface area (TPSA) is 79.9 Å². The average Bonchev–Trinajstić information content (AvgIpc) is 3.29. The summed E-state index contributed by atoms with van der Waals surface area (Å²) in [6.07, 6.45) is 1.09. The first kappa shape index (κ1) is 19.0. The van der Waals surface area contributed by atoms with Crippen molar-refractivity contribution in [3.8, 4) is 0 Å². The van der Waals surface area contributed by atoms with Gasteiger partial charge in [0, 0.05) is 14.1 Å². The fourth-order valence-electron chi connectivity index (χ4n) is 4.22. The molecule has 0 spiro atoms. The Bertz CT molecular complexity index is 1360. The Morgan fingerprint density at radius 3 is 2.26 bits per heavy atom. The molecule has 8 heteroatoms. The zero-order chi connectivity index (χ0) is 21.7. The van der Waals surface area contributed by atoms with Crippen LogP contribution < -0.4 is 16.5 Å². The minimum atomic E-state index is -0.776. The molecular weight excluding hydrogens is 394 g/mol. The third-order valence-corrected chi connectivity index (χ3v) is 5.84. The predicted molar refractivity (Wildman–Crippen MR) is 114 cm³/mol. The third-order valence-electron chi connectivity index (χ3n) is 5.84. The van der Waals surface area contributed by atoms with Gasteiger partial charge in [-0.3, -0.25) is 23.6 Å². The number of amides is 3. The maximum atomic E-state index is 13.5. The molecule has 0 saturated carbocycles. The van der Waals surface area contributed by atoms with Gasteiger partial charge in [0.15, 0.2) is 12.2 Å². The van der Waals surface area contributed by atoms with Crippen molar-refractivity contribution in [2.45, 2.75) is 18.8 Å². The van der Waals surface area contributed by atoms with Crippen molar-refractivity contribution in [1.82, 2.24) is 18.9 Å². The van der Waals surface area contributed by atoms with E-state index in [0.29, 0.717) is 17.5 Å². The minimum Gasteiger partial charge on any atom is -0.302 e. The van der Waals surface area contributed by atoms with Crippen molar-refractivity contribution in [2.75, 3.05) is 14.1 Å². The summed E-state index contributed by atoms with van der Waals surface area (Å²) in [6.45, 7) is 0.322. The van der Waals surface area contributed by atoms with Crippen LogP contribution in [-0.4, -0.2) is 51.1 Å². The predicted octanol–water partition coefficient (Wildman–Crippen LogP) is 0.551. The van der Waals surface area contributed by atoms with Crippen LogP contribution in [0.3, 0.4) is 0 Å². The van der Waals surface area contributed by atoms with Gasteiger partial charge in [-0.2, -0.15) is 0 Å². The molecule has 2 unspecified atom stereocenters. The van der Waals surface area contributed by atoms with E-state index >= 15 is 0 Å². The van der Waals surface area contributed by atoms with Gasteiger partial charge in [-0.15, -0.1) is 0 Å². The number of rotatable bonds is 3. The molecule has 2 aliphatic rings. The number of hydrogen-bond acceptors (Lipinski definition) is 4. The number of carbonyl (C=O) groups is 2. The van der Waals surface area contributed by atoms with Crippen molar-refractivity contribution < 1.29 is 9.59 Å². The molecule has 1 saturated heterocycles. The van der Waals surface area contributed by atoms with E-state index in [4.69, 9.17) is 0 Å². The quantitative estimate of drug-likeness (QED) is 0.627. The molecule has 156 valence electrons. The maximum Gasteiger partial charge on any atom is 0.328 e. The Hall–Kier alpha value is -3.94. The van der Waals surface area contributed by atoms with Gasteiger partial charge < -0.3 is 4.90 Å². The third kappa shape index (κ3) is 2.91. The van der Waals surface area contributed by atoms with Gasteiger partial charge in [-0.25, -0.2) is 9.79 Å². The first-order valence-electron chi connectivity index (χ1n) is 10.0. The largest absolute Gasteiger partial charge is 0.328 e. The molecule has 0 aliphatic carbocycles. The highest BCUT2D eigenvalue weighted by atomic mass is 16.2. The number of likely N-dealkylation sites (N-methyl/N-ethyl adjacent to an activating group) is 2. The molecule has 3 aromatic rings. The van der Waals surface area contributed by atoms with Crippen LogP contribution >= 0.6 is 0 Å². The monoisotopic (exact) mass is 415 g/mol. The molecule has 0 N–H and O–H groups in total. The molecule has 2 aliphatic heterocycles. The Morgan fingerprint density at radius 1 is 0.935 bits per heavy atom. The number of nitrogens with zero attached hydrogens (tertiary/aromatic N) is 5. The lowest BCUT2D eigenvalue weighted by Gasteiger charge is -2.37. The summed E-state index contributed by atoms with van der Waals surface area (Å²) in [5, 5.41) is 0.373. The number of hydrogen-bond donors (Lipinski definition) is 0. The van der Waals surface area contributed by atoms with Crippen LogP contribution in [0.15, 0.2) is 70.5 Å². The van der Waals surface area contributed by atoms with Crippen LogP contribution in [-0.2, 0) is 11.3 Å². The summed E-state index contributed by atoms with van der Waals surface area (Å²) in [7, 11) is 3.08. The number of aromatic nitrogens is 2. The van der Waals surface area contributed by atoms with E-state index in [9.17, 15) is 14.4 Å². The standard InChI is InChI=1S/C23H21N5O3/c1-25-19-18(21(30)26(2)23(25)31)28-17(13-15-9-5-3-6-10-15)20(29)27(22(28)24-19)14-16-11-7-4-8-12-16/h3-13,18-19H,14H2,1-2H3/b17-13+. The van der Waals surface area contributed by atoms with Crippen molar-refractivity contribution in [2.24, 2.45) is 4.99 Å². The van der Waals surface area contributed by atoms with Crippen molar-refractivity contribution in [1.29, 1.82) is 0 Å². The summed E-state index contributed by atoms with van der Waals surface area (Å²) < 4.78 is 3.26. The Morgan fingerprint density at radius 2 is 1.58 bits per heavy atom. The van der Waals surface area contributed by atoms with Gasteiger partial charge in [-0.05, 0) is 17.2 Å². The SMILES string of the molecule is CN1C(=O)C2C(N=c3n(Cc4ccccc4)c(=O)/c(=C\c4ccccc4)n32)N(C)C1=O. The molecule has 2 aromatic carbocycles. The van der Waals surface area contributed by atoms with Gasteiger partial charge in [0.1, 0.15) is 5.35 Å². The highest BCUT2D eigenvalue weighted by molar-refractivity contribution is 5.99. The molecule has 3 amide bonds. The molecule has 5 rings (SSSR count). The van der Waals surface area contributed by atoms with E-state index < -0.39 is 18.2 Å². The van der Waals surface area contributed by atoms with E-state index in [1.807, 2.05) is 60.7 Å². The lowest BCUT2D eigenvalue weighted by atomic mass is 10.1. The average molecular weight is 415 g/mol. The second kappa shape index (κ2) is 7.09. The summed E-state index contributed by atoms with van der Waals surface area (Å²) in [5.41, 5.74) is 1.97. The van der Waals surface area contributed by atoms with E-state index in [0.717, 1.165) is 16.0 Å². The highest BCUT2D eigenvalue weighted by Gasteiger charge is 2.48. The van der Waals surface area contributed by atoms with E-state index in [1.165, 1.54) is 11.9 Å². The van der Waals surface area contributed by atoms with Crippen LogP contribution in [0.2, 0.25) is 0 Å². The first-order valence-corrected chi connectivity index (χ1v) is 10.0. The Labute approximate surface area is 178 Å². The number of imide groups is 1. The number of carbonyl (C=O) groups excluding carboxylic acids is 2. The molecule has 3 heterocycles. The number of benzene rings is 2. The van der Waals surface area contributed by atoms with Gasteiger partial charge in [-0.1, -0.05) is 60.7 Å². The number of fused-ring (bicyclic) bond motifs is 3. The molecule has 1 aromatic heterocycles. The summed E-state index contributed by atoms with van der Waals surface area (Å²) >= 11 is 0. The van der Waals surface area contributed by atoms with Crippen LogP contribution in [0.1, 0.15) is 17.2 Å². The molecule has 8 nitrogen and oxygen atoms in total. The van der Waals surface area contributed by atoms with Crippen LogP contribution in [0.25, 0.3) is 6.08 Å². The smallest absolute Gasteiger partial charge is 0.302 e. The molecule has 0 bridgehead atoms. The molecule has 2 atom stereocenters. The lowest BCUT2D eigenvalue weighted by Crippen LogP contribution is -2.59. The Kier molecular flexibility index (Phi) is 4.35. The maximum absolute atomic E-state index is 13.5. The van der Waals surface area contributed by atoms with Crippen molar-refractivity contribution in [3.63, 3.8) is 0 Å². The van der Waals surface area contributed by atoms with Crippen molar-refractivity contribution >= 4 is 18.0 Å². The summed E-state index contributed by atoms with van der Waals surface area (Å²) in [6, 6.07) is 17.9. The highest BCUT2D eigenvalue weighted by Crippen LogP contribution is 2.26. The second-order valence-corrected chi connectivity index (χ2v) is 7.77. The zero-order valence-electron chi connectivity index (χ0n) is 17.2. The summed E-state index contributed by atoms with van der Waals surface area (Å²) in [5.74, 6) is -0.375. The van der Waals surface area contributed by atoms with E-state index in [1.54, 1.807) is 22.3 Å². The zero-order valence-corrected chi connectivity index (χ0v) is 17.2. The van der Waals surface area contributed by atoms with Crippen LogP contribution in [0.5, 0.6) is 0 Å². The number of imidazole rings is 1. The van der Waals surface area contributed by atoms with Crippen LogP contribution in [0, 0.1) is 0 Å². The second-order valence-electron chi connectivity index (χ2n) is 7.77. The number of urea groups is 1.